The van der Waals surface area contributed by atoms with Gasteiger partial charge in [-0.1, -0.05) is 0 Å². The van der Waals surface area contributed by atoms with Crippen LogP contribution in [-0.4, -0.2) is 30.7 Å². The molecule has 2 aromatic rings. The van der Waals surface area contributed by atoms with Crippen molar-refractivity contribution in [1.82, 2.24) is 5.78 Å². The van der Waals surface area contributed by atoms with E-state index >= 15 is 0 Å². The van der Waals surface area contributed by atoms with Crippen molar-refractivity contribution in [2.45, 2.75) is 41.5 Å². The van der Waals surface area contributed by atoms with Gasteiger partial charge in [0.1, 0.15) is 0 Å². The van der Waals surface area contributed by atoms with E-state index in [-0.39, 0.29) is 21.2 Å². The van der Waals surface area contributed by atoms with Crippen LogP contribution in [0.5, 0.6) is 0 Å². The summed E-state index contributed by atoms with van der Waals surface area (Å²) in [5, 5.41) is 0. The Bertz CT molecular complexity index is 789. The number of carbonyl (C=O) groups excluding carboxylic acids is 2. The summed E-state index contributed by atoms with van der Waals surface area (Å²) in [6.45, 7) is 13.3. The van der Waals surface area contributed by atoms with Gasteiger partial charge in [-0.2, -0.15) is 0 Å². The zero-order valence-corrected chi connectivity index (χ0v) is 21.4. The topological polar surface area (TPSA) is 40.6 Å². The minimum Gasteiger partial charge on any atom is -1.00 e. The van der Waals surface area contributed by atoms with Crippen molar-refractivity contribution >= 4 is 11.8 Å². The van der Waals surface area contributed by atoms with E-state index in [4.69, 9.17) is 0 Å². The number of aryl methyl sites for hydroxylation is 2. The van der Waals surface area contributed by atoms with E-state index in [0.29, 0.717) is 13.1 Å². The van der Waals surface area contributed by atoms with Crippen LogP contribution in [0.25, 0.3) is 0 Å². The molecule has 2 rings (SSSR count). The normalized spacial score (nSPS) is 9.59. The molecule has 7 heteroatoms. The first-order valence-corrected chi connectivity index (χ1v) is 12.6. The summed E-state index contributed by atoms with van der Waals surface area (Å²) in [6.07, 6.45) is 0. The molecule has 0 fully saturated rings. The van der Waals surface area contributed by atoms with Crippen molar-refractivity contribution in [3.63, 3.8) is 0 Å². The smallest absolute Gasteiger partial charge is 1.00 e. The van der Waals surface area contributed by atoms with Crippen LogP contribution >= 0.6 is 0 Å². The molecular formula is C22H28F2HfN2O2. The van der Waals surface area contributed by atoms with Crippen molar-refractivity contribution in [2.24, 2.45) is 0 Å². The van der Waals surface area contributed by atoms with Gasteiger partial charge in [0.25, 0.3) is 0 Å². The molecule has 0 N–H and O–H groups in total. The number of benzene rings is 2. The zero-order valence-electron chi connectivity index (χ0n) is 17.8. The molecule has 0 aliphatic carbocycles. The molecule has 0 aliphatic heterocycles. The Morgan fingerprint density at radius 3 is 1.38 bits per heavy atom. The number of halogens is 2. The molecule has 0 bridgehead atoms. The Labute approximate surface area is 184 Å². The third-order valence-corrected chi connectivity index (χ3v) is 10.5. The number of hydrogen-bond acceptors (Lipinski definition) is 2. The third-order valence-electron chi connectivity index (χ3n) is 5.03. The van der Waals surface area contributed by atoms with E-state index < -0.39 is 23.5 Å². The second kappa shape index (κ2) is 12.0. The summed E-state index contributed by atoms with van der Waals surface area (Å²) in [6, 6.07) is 11.7. The van der Waals surface area contributed by atoms with Gasteiger partial charge in [0.05, 0.1) is 0 Å². The maximum atomic E-state index is 13.1. The minimum absolute atomic E-state index is 0. The maximum Gasteiger partial charge on any atom is -1.00 e. The Balaban J connectivity index is 0.00000392. The second-order valence-electron chi connectivity index (χ2n) is 6.69. The van der Waals surface area contributed by atoms with Crippen LogP contribution in [0.4, 0.5) is 0 Å². The number of hydrogen-bond donors (Lipinski definition) is 0. The second-order valence-corrected chi connectivity index (χ2v) is 11.3. The summed E-state index contributed by atoms with van der Waals surface area (Å²) in [5.74, 6) is 0.100. The van der Waals surface area contributed by atoms with Gasteiger partial charge in [-0.05, 0) is 0 Å². The quantitative estimate of drug-likeness (QED) is 0.397. The average Bonchev–Trinajstić information content (AvgIpc) is 2.66. The predicted octanol–water partition coefficient (Wildman–Crippen LogP) is -1.53. The molecule has 0 unspecified atom stereocenters. The van der Waals surface area contributed by atoms with Crippen molar-refractivity contribution in [3.8, 4) is 0 Å². The first-order chi connectivity index (χ1) is 12.8. The molecule has 0 heterocycles. The van der Waals surface area contributed by atoms with Crippen LogP contribution in [-0.2, 0) is 23.5 Å². The fraction of sp³-hybridized carbons (Fsp3) is 0.364. The summed E-state index contributed by atoms with van der Waals surface area (Å²) in [5.41, 5.74) is 5.77. The Hall–Kier alpha value is -1.89. The molecule has 0 saturated heterocycles. The fourth-order valence-electron chi connectivity index (χ4n) is 2.92. The third kappa shape index (κ3) is 6.04. The maximum absolute atomic E-state index is 13.1. The van der Waals surface area contributed by atoms with Crippen molar-refractivity contribution in [2.75, 3.05) is 13.1 Å². The molecule has 0 saturated carbocycles. The van der Waals surface area contributed by atoms with Gasteiger partial charge in [-0.3, -0.25) is 0 Å². The van der Waals surface area contributed by atoms with E-state index in [1.807, 2.05) is 83.7 Å². The fourth-order valence-corrected chi connectivity index (χ4v) is 6.50. The average molecular weight is 569 g/mol. The van der Waals surface area contributed by atoms with E-state index in [0.717, 1.165) is 33.4 Å². The number of amides is 2. The number of rotatable bonds is 6. The van der Waals surface area contributed by atoms with Gasteiger partial charge >= 0.3 is 175 Å². The predicted molar refractivity (Wildman–Crippen MR) is 105 cm³/mol. The van der Waals surface area contributed by atoms with Gasteiger partial charge in [0.15, 0.2) is 0 Å². The molecule has 4 nitrogen and oxygen atoms in total. The van der Waals surface area contributed by atoms with Crippen LogP contribution in [0.3, 0.4) is 0 Å². The summed E-state index contributed by atoms with van der Waals surface area (Å²) >= 11 is -1.84. The van der Waals surface area contributed by atoms with Crippen LogP contribution in [0.1, 0.15) is 56.8 Å². The first-order valence-electron chi connectivity index (χ1n) is 9.34. The van der Waals surface area contributed by atoms with Crippen LogP contribution in [0, 0.1) is 27.7 Å². The van der Waals surface area contributed by atoms with Gasteiger partial charge in [0.2, 0.25) is 0 Å². The molecular weight excluding hydrogens is 541 g/mol. The van der Waals surface area contributed by atoms with Crippen LogP contribution in [0.2, 0.25) is 0 Å². The molecule has 29 heavy (non-hydrogen) atoms. The van der Waals surface area contributed by atoms with Crippen LogP contribution in [0.15, 0.2) is 36.4 Å². The van der Waals surface area contributed by atoms with Crippen molar-refractivity contribution < 1.29 is 42.5 Å². The first kappa shape index (κ1) is 27.1. The van der Waals surface area contributed by atoms with E-state index in [1.165, 1.54) is 0 Å². The summed E-state index contributed by atoms with van der Waals surface area (Å²) in [7, 11) is 0. The zero-order chi connectivity index (χ0) is 20.1. The molecule has 0 atom stereocenters. The Kier molecular flexibility index (Phi) is 11.2. The molecule has 0 aliphatic rings. The molecule has 2 amide bonds. The number of nitrogens with zero attached hydrogens (tertiary/aromatic N) is 2. The Morgan fingerprint density at radius 1 is 0.724 bits per heavy atom. The van der Waals surface area contributed by atoms with Crippen molar-refractivity contribution in [3.05, 3.63) is 69.8 Å². The number of carbonyl (C=O) groups is 2. The molecule has 2 aromatic carbocycles. The Morgan fingerprint density at radius 2 is 1.07 bits per heavy atom. The van der Waals surface area contributed by atoms with Gasteiger partial charge < -0.3 is 9.41 Å². The SMILES string of the molecule is CC[N]([Hf+2][N](CC)C(=O)c1cccc(C)c1C)C(=O)c1cccc(C)c1C.[F-].[F-]. The van der Waals surface area contributed by atoms with E-state index in [9.17, 15) is 9.59 Å². The van der Waals surface area contributed by atoms with E-state index in [2.05, 4.69) is 0 Å². The molecule has 0 spiro atoms. The molecule has 0 aromatic heterocycles. The van der Waals surface area contributed by atoms with E-state index in [1.54, 1.807) is 0 Å². The van der Waals surface area contributed by atoms with Gasteiger partial charge in [-0.15, -0.1) is 0 Å². The standard InChI is InChI=1S/2C11H15NO.2FH.Hf/c2*1-4-12-11(13)10-7-5-6-8(2)9(10)3;;;/h2*5-7H,4H2,1-3H3,(H,12,13);2*1H;/q;;;;+4/p-4. The molecule has 156 valence electrons. The summed E-state index contributed by atoms with van der Waals surface area (Å²) in [4.78, 5) is 26.2. The monoisotopic (exact) mass is 570 g/mol. The summed E-state index contributed by atoms with van der Waals surface area (Å²) < 4.78 is 3.85. The van der Waals surface area contributed by atoms with Crippen LogP contribution < -0.4 is 9.41 Å². The minimum atomic E-state index is -1.84. The van der Waals surface area contributed by atoms with Crippen molar-refractivity contribution in [1.29, 1.82) is 0 Å². The van der Waals surface area contributed by atoms with Gasteiger partial charge in [-0.25, -0.2) is 0 Å². The van der Waals surface area contributed by atoms with Gasteiger partial charge in [0, 0.05) is 0 Å². The largest absolute Gasteiger partial charge is 1.00 e. The molecule has 0 radical (unpaired) electrons.